The Balaban J connectivity index is 1.20. The lowest BCUT2D eigenvalue weighted by molar-refractivity contribution is 0.0684. The molecule has 1 saturated heterocycles. The van der Waals surface area contributed by atoms with E-state index in [-0.39, 0.29) is 0 Å². The van der Waals surface area contributed by atoms with Gasteiger partial charge in [0.25, 0.3) is 0 Å². The number of rotatable bonds is 9. The Kier molecular flexibility index (Phi) is 8.43. The quantitative estimate of drug-likeness (QED) is 0.219. The van der Waals surface area contributed by atoms with Crippen LogP contribution in [0.25, 0.3) is 39.4 Å². The molecule has 1 fully saturated rings. The zero-order chi connectivity index (χ0) is 28.0. The number of nitrogens with zero attached hydrogens (tertiary/aromatic N) is 3. The van der Waals surface area contributed by atoms with Gasteiger partial charge in [0.2, 0.25) is 0 Å². The van der Waals surface area contributed by atoms with Crippen molar-refractivity contribution >= 4 is 17.0 Å². The second kappa shape index (κ2) is 12.7. The number of piperazine rings is 1. The Hall–Kier alpha value is -3.96. The van der Waals surface area contributed by atoms with Crippen molar-refractivity contribution in [1.82, 2.24) is 14.4 Å². The van der Waals surface area contributed by atoms with E-state index in [1.807, 2.05) is 0 Å². The molecule has 5 aromatic rings. The molecule has 1 atom stereocenters. The first-order chi connectivity index (χ1) is 20.2. The highest BCUT2D eigenvalue weighted by Crippen LogP contribution is 2.41. The molecule has 208 valence electrons. The first kappa shape index (κ1) is 27.2. The number of aryl methyl sites for hydroxylation is 1. The number of hydrogen-bond donors (Lipinski definition) is 1. The molecule has 4 aromatic carbocycles. The van der Waals surface area contributed by atoms with Crippen molar-refractivity contribution in [3.8, 4) is 22.4 Å². The zero-order valence-corrected chi connectivity index (χ0v) is 23.9. The van der Waals surface area contributed by atoms with Crippen LogP contribution in [0.4, 0.5) is 0 Å². The highest BCUT2D eigenvalue weighted by molar-refractivity contribution is 6.04. The van der Waals surface area contributed by atoms with Crippen LogP contribution in [0.15, 0.2) is 115 Å². The van der Waals surface area contributed by atoms with Crippen molar-refractivity contribution in [1.29, 1.82) is 0 Å². The van der Waals surface area contributed by atoms with E-state index in [9.17, 15) is 5.11 Å². The van der Waals surface area contributed by atoms with E-state index in [2.05, 4.69) is 143 Å². The summed E-state index contributed by atoms with van der Waals surface area (Å²) in [6.07, 6.45) is 3.99. The Morgan fingerprint density at radius 3 is 2.00 bits per heavy atom. The molecule has 0 aliphatic carbocycles. The number of aliphatic hydroxyl groups excluding tert-OH is 1. The van der Waals surface area contributed by atoms with Gasteiger partial charge in [0, 0.05) is 55.7 Å². The third kappa shape index (κ3) is 6.36. The van der Waals surface area contributed by atoms with Gasteiger partial charge < -0.3 is 9.67 Å². The Bertz CT molecular complexity index is 1580. The van der Waals surface area contributed by atoms with Gasteiger partial charge in [-0.25, -0.2) is 0 Å². The summed E-state index contributed by atoms with van der Waals surface area (Å²) in [7, 11) is 0. The van der Waals surface area contributed by atoms with Crippen LogP contribution < -0.4 is 0 Å². The van der Waals surface area contributed by atoms with E-state index in [0.717, 1.165) is 32.7 Å². The minimum Gasteiger partial charge on any atom is -0.390 e. The molecule has 1 aliphatic heterocycles. The number of benzene rings is 4. The minimum atomic E-state index is -0.470. The van der Waals surface area contributed by atoms with Crippen LogP contribution in [0.2, 0.25) is 0 Å². The van der Waals surface area contributed by atoms with Gasteiger partial charge in [-0.05, 0) is 35.7 Å². The van der Waals surface area contributed by atoms with Crippen molar-refractivity contribution in [3.05, 3.63) is 126 Å². The fourth-order valence-electron chi connectivity index (χ4n) is 6.07. The highest BCUT2D eigenvalue weighted by atomic mass is 16.3. The van der Waals surface area contributed by atoms with Gasteiger partial charge in [-0.2, -0.15) is 0 Å². The van der Waals surface area contributed by atoms with Crippen molar-refractivity contribution in [2.75, 3.05) is 39.3 Å². The molecule has 0 radical (unpaired) electrons. The summed E-state index contributed by atoms with van der Waals surface area (Å²) in [5, 5.41) is 12.7. The van der Waals surface area contributed by atoms with Crippen LogP contribution in [-0.2, 0) is 6.54 Å². The van der Waals surface area contributed by atoms with Crippen LogP contribution in [0, 0.1) is 6.92 Å². The average Bonchev–Trinajstić information content (AvgIpc) is 3.32. The number of aliphatic hydroxyl groups is 1. The summed E-state index contributed by atoms with van der Waals surface area (Å²) in [6, 6.07) is 38.5. The first-order valence-electron chi connectivity index (χ1n) is 14.7. The van der Waals surface area contributed by atoms with E-state index in [1.54, 1.807) is 0 Å². The van der Waals surface area contributed by atoms with Crippen LogP contribution in [0.1, 0.15) is 11.1 Å². The minimum absolute atomic E-state index is 0.470. The molecule has 0 amide bonds. The third-order valence-corrected chi connectivity index (χ3v) is 8.13. The molecule has 6 rings (SSSR count). The maximum atomic E-state index is 11.5. The van der Waals surface area contributed by atoms with E-state index >= 15 is 0 Å². The Morgan fingerprint density at radius 2 is 1.32 bits per heavy atom. The maximum Gasteiger partial charge on any atom is 0.0845 e. The summed E-state index contributed by atoms with van der Waals surface area (Å²) in [4.78, 5) is 4.90. The third-order valence-electron chi connectivity index (χ3n) is 8.13. The number of β-amino-alcohol motifs (C(OH)–C–C–N with tert-alkyl or cyclic N) is 1. The van der Waals surface area contributed by atoms with E-state index in [1.165, 1.54) is 44.4 Å². The molecule has 4 nitrogen and oxygen atoms in total. The fraction of sp³-hybridized carbons (Fsp3) is 0.243. The second-order valence-corrected chi connectivity index (χ2v) is 11.2. The lowest BCUT2D eigenvalue weighted by Gasteiger charge is -2.35. The highest BCUT2D eigenvalue weighted by Gasteiger charge is 2.24. The smallest absolute Gasteiger partial charge is 0.0845 e. The van der Waals surface area contributed by atoms with Crippen LogP contribution in [0.3, 0.4) is 0 Å². The van der Waals surface area contributed by atoms with Crippen molar-refractivity contribution in [2.24, 2.45) is 0 Å². The zero-order valence-electron chi connectivity index (χ0n) is 23.9. The van der Waals surface area contributed by atoms with E-state index in [4.69, 9.17) is 0 Å². The van der Waals surface area contributed by atoms with Gasteiger partial charge in [0.1, 0.15) is 0 Å². The van der Waals surface area contributed by atoms with Crippen molar-refractivity contribution in [2.45, 2.75) is 19.6 Å². The van der Waals surface area contributed by atoms with Gasteiger partial charge in [0.05, 0.1) is 18.3 Å². The predicted molar refractivity (Wildman–Crippen MR) is 172 cm³/mol. The Morgan fingerprint density at radius 1 is 0.707 bits per heavy atom. The van der Waals surface area contributed by atoms with Gasteiger partial charge in [0.15, 0.2) is 0 Å². The van der Waals surface area contributed by atoms with Crippen LogP contribution in [0.5, 0.6) is 0 Å². The molecule has 1 aromatic heterocycles. The predicted octanol–water partition coefficient (Wildman–Crippen LogP) is 6.98. The largest absolute Gasteiger partial charge is 0.390 e. The first-order valence-corrected chi connectivity index (χ1v) is 14.7. The van der Waals surface area contributed by atoms with Crippen LogP contribution in [-0.4, -0.2) is 64.8 Å². The van der Waals surface area contributed by atoms with Gasteiger partial charge in [-0.1, -0.05) is 115 Å². The van der Waals surface area contributed by atoms with Gasteiger partial charge in [-0.15, -0.1) is 0 Å². The SMILES string of the molecule is Cc1ccc2c(c1)c(-c1ccccc1)c(-c1ccccc1)n2CC(O)CN1CCN(C/C=C/c2ccccc2)CC1. The van der Waals surface area contributed by atoms with Gasteiger partial charge in [-0.3, -0.25) is 9.80 Å². The Labute approximate surface area is 243 Å². The summed E-state index contributed by atoms with van der Waals surface area (Å²) >= 11 is 0. The molecular formula is C37H39N3O. The normalized spacial score (nSPS) is 15.6. The van der Waals surface area contributed by atoms with E-state index < -0.39 is 6.10 Å². The molecule has 4 heteroatoms. The summed E-state index contributed by atoms with van der Waals surface area (Å²) in [6.45, 7) is 8.33. The molecule has 0 saturated carbocycles. The molecule has 0 bridgehead atoms. The van der Waals surface area contributed by atoms with Gasteiger partial charge >= 0.3 is 0 Å². The van der Waals surface area contributed by atoms with E-state index in [0.29, 0.717) is 13.1 Å². The molecule has 1 N–H and O–H groups in total. The fourth-order valence-corrected chi connectivity index (χ4v) is 6.07. The topological polar surface area (TPSA) is 31.6 Å². The lowest BCUT2D eigenvalue weighted by Crippen LogP contribution is -2.48. The average molecular weight is 542 g/mol. The monoisotopic (exact) mass is 541 g/mol. The molecule has 2 heterocycles. The van der Waals surface area contributed by atoms with Crippen molar-refractivity contribution < 1.29 is 5.11 Å². The summed E-state index contributed by atoms with van der Waals surface area (Å²) in [5.74, 6) is 0. The summed E-state index contributed by atoms with van der Waals surface area (Å²) in [5.41, 5.74) is 8.43. The maximum absolute atomic E-state index is 11.5. The number of aromatic nitrogens is 1. The molecule has 1 aliphatic rings. The van der Waals surface area contributed by atoms with Crippen molar-refractivity contribution in [3.63, 3.8) is 0 Å². The molecule has 41 heavy (non-hydrogen) atoms. The number of hydrogen-bond acceptors (Lipinski definition) is 3. The van der Waals surface area contributed by atoms with Crippen LogP contribution >= 0.6 is 0 Å². The molecular weight excluding hydrogens is 502 g/mol. The molecule has 0 spiro atoms. The molecule has 1 unspecified atom stereocenters. The lowest BCUT2D eigenvalue weighted by atomic mass is 9.98. The standard InChI is InChI=1S/C37H39N3O/c1-29-19-20-35-34(26-29)36(31-15-7-3-8-16-31)37(32-17-9-4-10-18-32)40(35)28-33(41)27-39-24-22-38(23-25-39)21-11-14-30-12-5-2-6-13-30/h2-20,26,33,41H,21-25,27-28H2,1H3/b14-11+. The number of fused-ring (bicyclic) bond motifs is 1. The summed E-state index contributed by atoms with van der Waals surface area (Å²) < 4.78 is 2.35. The second-order valence-electron chi connectivity index (χ2n) is 11.2.